The number of carbonyl (C=O) groups is 1. The molecular formula is C19H26O12. The van der Waals surface area contributed by atoms with E-state index in [1.54, 1.807) is 12.1 Å². The van der Waals surface area contributed by atoms with Gasteiger partial charge in [-0.05, 0) is 12.1 Å². The molecule has 2 saturated heterocycles. The number of rotatable bonds is 6. The van der Waals surface area contributed by atoms with Gasteiger partial charge < -0.3 is 54.3 Å². The van der Waals surface area contributed by atoms with Gasteiger partial charge in [0.15, 0.2) is 6.29 Å². The Bertz CT molecular complexity index is 744. The van der Waals surface area contributed by atoms with Crippen molar-refractivity contribution >= 4 is 5.97 Å². The molecule has 0 bridgehead atoms. The SMILES string of the molecule is COC(=O)c1ccccc1O[C@H]1O[C@@H](CO[C@H]2OC[C@H](O)[C@@H](O)[C@@H]2O)[C@H](O)[C@@H](O)[C@@H]1O. The third-order valence-corrected chi connectivity index (χ3v) is 5.08. The summed E-state index contributed by atoms with van der Waals surface area (Å²) in [5.74, 6) is -0.671. The lowest BCUT2D eigenvalue weighted by molar-refractivity contribution is -0.307. The number of methoxy groups -OCH3 is 1. The van der Waals surface area contributed by atoms with Gasteiger partial charge in [0.25, 0.3) is 0 Å². The van der Waals surface area contributed by atoms with Gasteiger partial charge in [-0.3, -0.25) is 0 Å². The van der Waals surface area contributed by atoms with E-state index in [1.165, 1.54) is 19.2 Å². The number of hydrogen-bond donors (Lipinski definition) is 6. The van der Waals surface area contributed by atoms with Crippen molar-refractivity contribution in [2.45, 2.75) is 55.3 Å². The van der Waals surface area contributed by atoms with Crippen LogP contribution in [0.1, 0.15) is 10.4 Å². The molecule has 0 saturated carbocycles. The summed E-state index contributed by atoms with van der Waals surface area (Å²) < 4.78 is 26.2. The predicted octanol–water partition coefficient (Wildman–Crippen LogP) is -2.88. The van der Waals surface area contributed by atoms with E-state index in [-0.39, 0.29) is 17.9 Å². The first kappa shape index (κ1) is 23.8. The normalized spacial score (nSPS) is 38.5. The largest absolute Gasteiger partial charge is 0.465 e. The van der Waals surface area contributed by atoms with Gasteiger partial charge in [0, 0.05) is 0 Å². The standard InChI is InChI=1S/C19H26O12/c1-27-17(26)8-4-2-3-5-10(8)30-19-16(25)14(23)13(22)11(31-19)7-29-18-15(24)12(21)9(20)6-28-18/h2-5,9,11-16,18-25H,6-7H2,1H3/t9-,11-,12+,13-,14+,15-,16-,18+,19-/m0/s1. The third kappa shape index (κ3) is 5.14. The molecule has 3 rings (SSSR count). The summed E-state index contributed by atoms with van der Waals surface area (Å²) in [5.41, 5.74) is 0.0560. The molecule has 2 heterocycles. The lowest BCUT2D eigenvalue weighted by atomic mass is 9.99. The van der Waals surface area contributed by atoms with Gasteiger partial charge >= 0.3 is 5.97 Å². The van der Waals surface area contributed by atoms with Crippen LogP contribution in [0.5, 0.6) is 5.75 Å². The summed E-state index contributed by atoms with van der Waals surface area (Å²) in [7, 11) is 1.19. The van der Waals surface area contributed by atoms with E-state index in [2.05, 4.69) is 4.74 Å². The van der Waals surface area contributed by atoms with Crippen LogP contribution in [0.3, 0.4) is 0 Å². The van der Waals surface area contributed by atoms with Crippen LogP contribution in [-0.2, 0) is 18.9 Å². The van der Waals surface area contributed by atoms with E-state index < -0.39 is 67.9 Å². The Kier molecular flexibility index (Phi) is 7.80. The highest BCUT2D eigenvalue weighted by atomic mass is 16.7. The maximum atomic E-state index is 11.9. The number of aliphatic hydroxyl groups excluding tert-OH is 6. The minimum absolute atomic E-state index is 0.0183. The summed E-state index contributed by atoms with van der Waals surface area (Å²) >= 11 is 0. The molecule has 9 atom stereocenters. The van der Waals surface area contributed by atoms with Crippen LogP contribution in [0, 0.1) is 0 Å². The quantitative estimate of drug-likeness (QED) is 0.246. The Labute approximate surface area is 177 Å². The molecule has 0 amide bonds. The van der Waals surface area contributed by atoms with Crippen LogP contribution < -0.4 is 4.74 Å². The van der Waals surface area contributed by atoms with Crippen molar-refractivity contribution in [1.82, 2.24) is 0 Å². The average molecular weight is 446 g/mol. The number of para-hydroxylation sites is 1. The minimum Gasteiger partial charge on any atom is -0.465 e. The molecule has 2 fully saturated rings. The second-order valence-corrected chi connectivity index (χ2v) is 7.20. The smallest absolute Gasteiger partial charge is 0.341 e. The van der Waals surface area contributed by atoms with E-state index in [0.29, 0.717) is 0 Å². The zero-order chi connectivity index (χ0) is 22.7. The first-order valence-corrected chi connectivity index (χ1v) is 9.55. The molecule has 0 aromatic heterocycles. The third-order valence-electron chi connectivity index (χ3n) is 5.08. The summed E-state index contributed by atoms with van der Waals surface area (Å²) in [4.78, 5) is 11.9. The topological polar surface area (TPSA) is 185 Å². The van der Waals surface area contributed by atoms with E-state index in [4.69, 9.17) is 18.9 Å². The first-order valence-electron chi connectivity index (χ1n) is 9.55. The number of esters is 1. The Morgan fingerprint density at radius 3 is 2.35 bits per heavy atom. The molecule has 1 aromatic rings. The van der Waals surface area contributed by atoms with Crippen molar-refractivity contribution in [2.24, 2.45) is 0 Å². The first-order chi connectivity index (χ1) is 14.7. The fourth-order valence-corrected chi connectivity index (χ4v) is 3.24. The second kappa shape index (κ2) is 10.2. The number of carbonyl (C=O) groups excluding carboxylic acids is 1. The van der Waals surface area contributed by atoms with Crippen molar-refractivity contribution in [1.29, 1.82) is 0 Å². The molecule has 174 valence electrons. The fraction of sp³-hybridized carbons (Fsp3) is 0.632. The molecule has 31 heavy (non-hydrogen) atoms. The minimum atomic E-state index is -1.68. The van der Waals surface area contributed by atoms with Crippen LogP contribution in [-0.4, -0.2) is 112 Å². The van der Waals surface area contributed by atoms with E-state index in [0.717, 1.165) is 0 Å². The van der Waals surface area contributed by atoms with Crippen molar-refractivity contribution in [2.75, 3.05) is 20.3 Å². The Morgan fingerprint density at radius 1 is 0.968 bits per heavy atom. The Morgan fingerprint density at radius 2 is 1.65 bits per heavy atom. The zero-order valence-electron chi connectivity index (χ0n) is 16.6. The van der Waals surface area contributed by atoms with E-state index in [9.17, 15) is 35.4 Å². The summed E-state index contributed by atoms with van der Waals surface area (Å²) in [6, 6.07) is 6.02. The van der Waals surface area contributed by atoms with Crippen molar-refractivity contribution < 1.29 is 59.1 Å². The summed E-state index contributed by atoms with van der Waals surface area (Å²) in [6.45, 7) is -0.706. The lowest BCUT2D eigenvalue weighted by Gasteiger charge is -2.41. The Hall–Kier alpha value is -1.87. The molecular weight excluding hydrogens is 420 g/mol. The maximum Gasteiger partial charge on any atom is 0.341 e. The van der Waals surface area contributed by atoms with Crippen LogP contribution in [0.4, 0.5) is 0 Å². The molecule has 0 radical (unpaired) electrons. The molecule has 12 nitrogen and oxygen atoms in total. The number of aliphatic hydroxyl groups is 6. The number of benzene rings is 1. The lowest BCUT2D eigenvalue weighted by Crippen LogP contribution is -2.61. The molecule has 2 aliphatic heterocycles. The van der Waals surface area contributed by atoms with Crippen molar-refractivity contribution in [3.8, 4) is 5.75 Å². The fourth-order valence-electron chi connectivity index (χ4n) is 3.24. The monoisotopic (exact) mass is 446 g/mol. The molecule has 0 unspecified atom stereocenters. The van der Waals surface area contributed by atoms with Gasteiger partial charge in [-0.25, -0.2) is 4.79 Å². The van der Waals surface area contributed by atoms with Gasteiger partial charge in [-0.2, -0.15) is 0 Å². The van der Waals surface area contributed by atoms with E-state index in [1.807, 2.05) is 0 Å². The van der Waals surface area contributed by atoms with Crippen LogP contribution >= 0.6 is 0 Å². The molecule has 2 aliphatic rings. The highest BCUT2D eigenvalue weighted by molar-refractivity contribution is 5.92. The number of ether oxygens (including phenoxy) is 5. The molecule has 0 aliphatic carbocycles. The summed E-state index contributed by atoms with van der Waals surface area (Å²) in [6.07, 6.45) is -13.3. The van der Waals surface area contributed by atoms with Crippen LogP contribution in [0.25, 0.3) is 0 Å². The highest BCUT2D eigenvalue weighted by Crippen LogP contribution is 2.28. The van der Waals surface area contributed by atoms with Gasteiger partial charge in [-0.15, -0.1) is 0 Å². The van der Waals surface area contributed by atoms with E-state index >= 15 is 0 Å². The molecule has 12 heteroatoms. The Balaban J connectivity index is 1.68. The highest BCUT2D eigenvalue weighted by Gasteiger charge is 2.46. The molecule has 0 spiro atoms. The number of hydrogen-bond acceptors (Lipinski definition) is 12. The maximum absolute atomic E-state index is 11.9. The molecule has 1 aromatic carbocycles. The predicted molar refractivity (Wildman–Crippen MR) is 98.8 cm³/mol. The van der Waals surface area contributed by atoms with Gasteiger partial charge in [0.1, 0.15) is 54.0 Å². The van der Waals surface area contributed by atoms with Gasteiger partial charge in [0.05, 0.1) is 20.3 Å². The van der Waals surface area contributed by atoms with Crippen molar-refractivity contribution in [3.05, 3.63) is 29.8 Å². The van der Waals surface area contributed by atoms with Crippen LogP contribution in [0.15, 0.2) is 24.3 Å². The average Bonchev–Trinajstić information content (AvgIpc) is 2.78. The zero-order valence-corrected chi connectivity index (χ0v) is 16.6. The molecule has 6 N–H and O–H groups in total. The van der Waals surface area contributed by atoms with Crippen molar-refractivity contribution in [3.63, 3.8) is 0 Å². The van der Waals surface area contributed by atoms with Gasteiger partial charge in [-0.1, -0.05) is 12.1 Å². The summed E-state index contributed by atoms with van der Waals surface area (Å²) in [5, 5.41) is 59.8. The van der Waals surface area contributed by atoms with Gasteiger partial charge in [0.2, 0.25) is 6.29 Å². The second-order valence-electron chi connectivity index (χ2n) is 7.20. The van der Waals surface area contributed by atoms with Crippen LogP contribution in [0.2, 0.25) is 0 Å².